The van der Waals surface area contributed by atoms with Crippen LogP contribution in [0.2, 0.25) is 0 Å². The number of carbonyl (C=O) groups is 1. The van der Waals surface area contributed by atoms with Gasteiger partial charge >= 0.3 is 0 Å². The molecule has 2 rings (SSSR count). The zero-order valence-electron chi connectivity index (χ0n) is 9.01. The van der Waals surface area contributed by atoms with Crippen LogP contribution >= 0.6 is 0 Å². The van der Waals surface area contributed by atoms with Gasteiger partial charge in [0.1, 0.15) is 5.75 Å². The van der Waals surface area contributed by atoms with Crippen molar-refractivity contribution in [2.45, 2.75) is 0 Å². The largest absolute Gasteiger partial charge is 0.496 e. The summed E-state index contributed by atoms with van der Waals surface area (Å²) in [6, 6.07) is 15.5. The molecule has 2 heteroatoms. The van der Waals surface area contributed by atoms with E-state index in [0.717, 1.165) is 17.4 Å². The number of hydrogen-bond donors (Lipinski definition) is 0. The summed E-state index contributed by atoms with van der Waals surface area (Å²) in [5.41, 5.74) is 2.73. The number of rotatable bonds is 3. The lowest BCUT2D eigenvalue weighted by Crippen LogP contribution is -1.90. The predicted octanol–water partition coefficient (Wildman–Crippen LogP) is 3.17. The van der Waals surface area contributed by atoms with Crippen LogP contribution < -0.4 is 4.74 Å². The van der Waals surface area contributed by atoms with Crippen LogP contribution in [0.5, 0.6) is 5.75 Å². The van der Waals surface area contributed by atoms with E-state index in [9.17, 15) is 4.79 Å². The summed E-state index contributed by atoms with van der Waals surface area (Å²) in [7, 11) is 1.57. The second kappa shape index (κ2) is 4.62. The Bertz CT molecular complexity index is 489. The minimum absolute atomic E-state index is 0.571. The van der Waals surface area contributed by atoms with Crippen LogP contribution in [-0.2, 0) is 0 Å². The van der Waals surface area contributed by atoms with Crippen LogP contribution in [0.4, 0.5) is 0 Å². The van der Waals surface area contributed by atoms with Crippen molar-refractivity contribution in [3.05, 3.63) is 54.1 Å². The van der Waals surface area contributed by atoms with Gasteiger partial charge in [-0.05, 0) is 23.3 Å². The fourth-order valence-corrected chi connectivity index (χ4v) is 1.62. The van der Waals surface area contributed by atoms with Crippen LogP contribution in [0, 0.1) is 0 Å². The third-order valence-corrected chi connectivity index (χ3v) is 2.47. The third kappa shape index (κ3) is 1.96. The zero-order chi connectivity index (χ0) is 11.4. The van der Waals surface area contributed by atoms with Gasteiger partial charge < -0.3 is 4.74 Å². The van der Waals surface area contributed by atoms with Gasteiger partial charge in [-0.25, -0.2) is 0 Å². The predicted molar refractivity (Wildman–Crippen MR) is 63.8 cm³/mol. The summed E-state index contributed by atoms with van der Waals surface area (Å²) < 4.78 is 5.17. The molecule has 0 aliphatic heterocycles. The second-order valence-electron chi connectivity index (χ2n) is 3.44. The highest BCUT2D eigenvalue weighted by atomic mass is 16.5. The monoisotopic (exact) mass is 212 g/mol. The molecule has 0 aromatic heterocycles. The minimum Gasteiger partial charge on any atom is -0.496 e. The molecule has 2 aromatic carbocycles. The lowest BCUT2D eigenvalue weighted by atomic mass is 10.0. The maximum atomic E-state index is 10.8. The SMILES string of the molecule is COc1cc(-c2ccccc2)ccc1C=O. The average molecular weight is 212 g/mol. The topological polar surface area (TPSA) is 26.3 Å². The van der Waals surface area contributed by atoms with Crippen molar-refractivity contribution >= 4 is 6.29 Å². The number of hydrogen-bond acceptors (Lipinski definition) is 2. The molecule has 0 aliphatic rings. The summed E-state index contributed by atoms with van der Waals surface area (Å²) in [6.07, 6.45) is 0.799. The first-order chi connectivity index (χ1) is 7.85. The van der Waals surface area contributed by atoms with Crippen LogP contribution in [0.25, 0.3) is 11.1 Å². The molecule has 0 radical (unpaired) electrons. The Morgan fingerprint density at radius 3 is 2.38 bits per heavy atom. The molecule has 0 saturated carbocycles. The van der Waals surface area contributed by atoms with E-state index >= 15 is 0 Å². The van der Waals surface area contributed by atoms with Crippen molar-refractivity contribution in [1.82, 2.24) is 0 Å². The van der Waals surface area contributed by atoms with Crippen LogP contribution in [0.3, 0.4) is 0 Å². The van der Waals surface area contributed by atoms with E-state index in [-0.39, 0.29) is 0 Å². The molecule has 80 valence electrons. The summed E-state index contributed by atoms with van der Waals surface area (Å²) in [6.45, 7) is 0. The Morgan fingerprint density at radius 1 is 1.00 bits per heavy atom. The Balaban J connectivity index is 2.48. The molecule has 0 saturated heterocycles. The normalized spacial score (nSPS) is 9.81. The zero-order valence-corrected chi connectivity index (χ0v) is 9.01. The van der Waals surface area contributed by atoms with E-state index in [1.165, 1.54) is 0 Å². The Morgan fingerprint density at radius 2 is 1.75 bits per heavy atom. The molecule has 2 aromatic rings. The highest BCUT2D eigenvalue weighted by Gasteiger charge is 2.04. The molecule has 0 N–H and O–H groups in total. The lowest BCUT2D eigenvalue weighted by Gasteiger charge is -2.06. The van der Waals surface area contributed by atoms with Crippen molar-refractivity contribution in [3.63, 3.8) is 0 Å². The van der Waals surface area contributed by atoms with E-state index in [1.807, 2.05) is 42.5 Å². The van der Waals surface area contributed by atoms with E-state index in [0.29, 0.717) is 11.3 Å². The lowest BCUT2D eigenvalue weighted by molar-refractivity contribution is 0.112. The van der Waals surface area contributed by atoms with Gasteiger partial charge in [-0.1, -0.05) is 36.4 Å². The van der Waals surface area contributed by atoms with Gasteiger partial charge in [0.2, 0.25) is 0 Å². The first-order valence-electron chi connectivity index (χ1n) is 5.04. The number of carbonyl (C=O) groups excluding carboxylic acids is 1. The number of benzene rings is 2. The second-order valence-corrected chi connectivity index (χ2v) is 3.44. The summed E-state index contributed by atoms with van der Waals surface area (Å²) in [5, 5.41) is 0. The molecule has 0 heterocycles. The summed E-state index contributed by atoms with van der Waals surface area (Å²) in [5.74, 6) is 0.608. The van der Waals surface area contributed by atoms with Gasteiger partial charge in [-0.2, -0.15) is 0 Å². The van der Waals surface area contributed by atoms with Crippen molar-refractivity contribution in [3.8, 4) is 16.9 Å². The fourth-order valence-electron chi connectivity index (χ4n) is 1.62. The van der Waals surface area contributed by atoms with Gasteiger partial charge in [0.15, 0.2) is 6.29 Å². The minimum atomic E-state index is 0.571. The maximum absolute atomic E-state index is 10.8. The van der Waals surface area contributed by atoms with E-state index in [1.54, 1.807) is 13.2 Å². The quantitative estimate of drug-likeness (QED) is 0.730. The molecule has 0 unspecified atom stereocenters. The van der Waals surface area contributed by atoms with Crippen molar-refractivity contribution in [2.75, 3.05) is 7.11 Å². The molecular formula is C14H12O2. The first-order valence-corrected chi connectivity index (χ1v) is 5.04. The maximum Gasteiger partial charge on any atom is 0.153 e. The molecule has 0 bridgehead atoms. The standard InChI is InChI=1S/C14H12O2/c1-16-14-9-12(7-8-13(14)10-15)11-5-3-2-4-6-11/h2-10H,1H3. The first kappa shape index (κ1) is 10.4. The van der Waals surface area contributed by atoms with Crippen LogP contribution in [0.1, 0.15) is 10.4 Å². The molecule has 0 amide bonds. The van der Waals surface area contributed by atoms with Gasteiger partial charge in [0.25, 0.3) is 0 Å². The fraction of sp³-hybridized carbons (Fsp3) is 0.0714. The highest BCUT2D eigenvalue weighted by molar-refractivity contribution is 5.81. The van der Waals surface area contributed by atoms with Gasteiger partial charge in [-0.15, -0.1) is 0 Å². The van der Waals surface area contributed by atoms with Gasteiger partial charge in [-0.3, -0.25) is 4.79 Å². The van der Waals surface area contributed by atoms with Crippen LogP contribution in [-0.4, -0.2) is 13.4 Å². The van der Waals surface area contributed by atoms with Gasteiger partial charge in [0, 0.05) is 0 Å². The molecule has 0 fully saturated rings. The highest BCUT2D eigenvalue weighted by Crippen LogP contribution is 2.26. The number of aldehydes is 1. The van der Waals surface area contributed by atoms with Gasteiger partial charge in [0.05, 0.1) is 12.7 Å². The average Bonchev–Trinajstić information content (AvgIpc) is 2.39. The molecule has 0 aliphatic carbocycles. The number of methoxy groups -OCH3 is 1. The molecule has 2 nitrogen and oxygen atoms in total. The number of ether oxygens (including phenoxy) is 1. The Hall–Kier alpha value is -2.09. The van der Waals surface area contributed by atoms with Crippen molar-refractivity contribution in [1.29, 1.82) is 0 Å². The smallest absolute Gasteiger partial charge is 0.153 e. The van der Waals surface area contributed by atoms with E-state index in [2.05, 4.69) is 0 Å². The van der Waals surface area contributed by atoms with E-state index < -0.39 is 0 Å². The van der Waals surface area contributed by atoms with Crippen molar-refractivity contribution < 1.29 is 9.53 Å². The molecule has 0 atom stereocenters. The Kier molecular flexibility index (Phi) is 3.01. The molecular weight excluding hydrogens is 200 g/mol. The summed E-state index contributed by atoms with van der Waals surface area (Å²) in [4.78, 5) is 10.8. The van der Waals surface area contributed by atoms with Crippen LogP contribution in [0.15, 0.2) is 48.5 Å². The molecule has 0 spiro atoms. The molecule has 16 heavy (non-hydrogen) atoms. The van der Waals surface area contributed by atoms with Crippen molar-refractivity contribution in [2.24, 2.45) is 0 Å². The Labute approximate surface area is 94.5 Å². The van der Waals surface area contributed by atoms with E-state index in [4.69, 9.17) is 4.74 Å². The summed E-state index contributed by atoms with van der Waals surface area (Å²) >= 11 is 0. The third-order valence-electron chi connectivity index (χ3n) is 2.47.